The summed E-state index contributed by atoms with van der Waals surface area (Å²) in [6, 6.07) is 2.05. The van der Waals surface area contributed by atoms with Crippen LogP contribution in [-0.4, -0.2) is 28.7 Å². The second-order valence-corrected chi connectivity index (χ2v) is 4.42. The average Bonchev–Trinajstić information content (AvgIpc) is 2.72. The molecule has 3 nitrogen and oxygen atoms in total. The van der Waals surface area contributed by atoms with Crippen LogP contribution in [0, 0.1) is 5.92 Å². The Morgan fingerprint density at radius 1 is 1.62 bits per heavy atom. The summed E-state index contributed by atoms with van der Waals surface area (Å²) in [5, 5.41) is 12.7. The smallest absolute Gasteiger partial charge is 0.0704 e. The molecular weight excluding hydrogens is 184 g/mol. The van der Waals surface area contributed by atoms with Gasteiger partial charge in [-0.05, 0) is 36.4 Å². The molecule has 0 radical (unpaired) electrons. The Balaban J connectivity index is 1.79. The quantitative estimate of drug-likeness (QED) is 0.750. The Bertz CT molecular complexity index is 250. The number of nitrogens with zero attached hydrogens (tertiary/aromatic N) is 1. The Labute approximate surface area is 82.0 Å². The van der Waals surface area contributed by atoms with Crippen LogP contribution >= 0.6 is 11.5 Å². The molecule has 72 valence electrons. The van der Waals surface area contributed by atoms with Gasteiger partial charge in [-0.15, -0.1) is 0 Å². The minimum Gasteiger partial charge on any atom is -0.391 e. The van der Waals surface area contributed by atoms with Gasteiger partial charge < -0.3 is 10.4 Å². The minimum atomic E-state index is -0.145. The third-order valence-corrected chi connectivity index (χ3v) is 3.36. The number of aliphatic hydroxyl groups is 1. The molecular formula is C9H14N2OS. The summed E-state index contributed by atoms with van der Waals surface area (Å²) in [6.07, 6.45) is 3.81. The van der Waals surface area contributed by atoms with Gasteiger partial charge >= 0.3 is 0 Å². The number of β-amino-alcohol motifs (C(OH)–C–C–N with tert-alkyl or cyclic N) is 1. The maximum absolute atomic E-state index is 9.54. The molecule has 2 heterocycles. The van der Waals surface area contributed by atoms with Crippen molar-refractivity contribution in [1.29, 1.82) is 0 Å². The van der Waals surface area contributed by atoms with Gasteiger partial charge in [0.25, 0.3) is 0 Å². The van der Waals surface area contributed by atoms with Gasteiger partial charge in [-0.1, -0.05) is 0 Å². The van der Waals surface area contributed by atoms with E-state index in [1.54, 1.807) is 11.5 Å². The summed E-state index contributed by atoms with van der Waals surface area (Å²) in [5.74, 6) is 0.432. The second-order valence-electron chi connectivity index (χ2n) is 3.50. The van der Waals surface area contributed by atoms with Gasteiger partial charge in [0.05, 0.1) is 6.10 Å². The van der Waals surface area contributed by atoms with Crippen molar-refractivity contribution in [3.05, 3.63) is 17.1 Å². The van der Waals surface area contributed by atoms with Crippen molar-refractivity contribution in [2.24, 2.45) is 5.92 Å². The molecule has 2 rings (SSSR count). The lowest BCUT2D eigenvalue weighted by molar-refractivity contribution is 0.143. The summed E-state index contributed by atoms with van der Waals surface area (Å²) in [4.78, 5) is 1.32. The SMILES string of the molecule is OC1CNCC1CCc1ccns1. The number of hydrogen-bond donors (Lipinski definition) is 2. The Morgan fingerprint density at radius 2 is 2.54 bits per heavy atom. The molecule has 0 bridgehead atoms. The molecule has 4 heteroatoms. The fourth-order valence-corrected chi connectivity index (χ4v) is 2.30. The van der Waals surface area contributed by atoms with Crippen LogP contribution in [0.5, 0.6) is 0 Å². The molecule has 1 aliphatic rings. The Kier molecular flexibility index (Phi) is 2.93. The zero-order valence-corrected chi connectivity index (χ0v) is 8.26. The normalized spacial score (nSPS) is 28.1. The standard InChI is InChI=1S/C9H14N2OS/c12-9-6-10-5-7(9)1-2-8-3-4-11-13-8/h3-4,7,9-10,12H,1-2,5-6H2. The predicted octanol–water partition coefficient (Wildman–Crippen LogP) is 0.656. The molecule has 0 aromatic carbocycles. The molecule has 2 N–H and O–H groups in total. The number of aryl methyl sites for hydroxylation is 1. The van der Waals surface area contributed by atoms with E-state index >= 15 is 0 Å². The highest BCUT2D eigenvalue weighted by Gasteiger charge is 2.24. The topological polar surface area (TPSA) is 45.1 Å². The first-order valence-corrected chi connectivity index (χ1v) is 5.42. The minimum absolute atomic E-state index is 0.145. The molecule has 1 aromatic rings. The van der Waals surface area contributed by atoms with Crippen molar-refractivity contribution in [3.63, 3.8) is 0 Å². The van der Waals surface area contributed by atoms with Gasteiger partial charge in [0.15, 0.2) is 0 Å². The monoisotopic (exact) mass is 198 g/mol. The lowest BCUT2D eigenvalue weighted by Crippen LogP contribution is -2.18. The van der Waals surface area contributed by atoms with E-state index in [9.17, 15) is 5.11 Å². The molecule has 0 aliphatic carbocycles. The van der Waals surface area contributed by atoms with Crippen LogP contribution in [0.3, 0.4) is 0 Å². The van der Waals surface area contributed by atoms with Gasteiger partial charge in [-0.3, -0.25) is 0 Å². The zero-order valence-electron chi connectivity index (χ0n) is 7.44. The van der Waals surface area contributed by atoms with Crippen molar-refractivity contribution in [2.75, 3.05) is 13.1 Å². The molecule has 2 unspecified atom stereocenters. The van der Waals surface area contributed by atoms with E-state index in [0.29, 0.717) is 5.92 Å². The van der Waals surface area contributed by atoms with Crippen LogP contribution in [0.2, 0.25) is 0 Å². The lowest BCUT2D eigenvalue weighted by Gasteiger charge is -2.11. The molecule has 1 fully saturated rings. The van der Waals surface area contributed by atoms with Gasteiger partial charge in [0.2, 0.25) is 0 Å². The van der Waals surface area contributed by atoms with E-state index in [1.165, 1.54) is 4.88 Å². The van der Waals surface area contributed by atoms with Crippen molar-refractivity contribution in [1.82, 2.24) is 9.69 Å². The second kappa shape index (κ2) is 4.17. The summed E-state index contributed by atoms with van der Waals surface area (Å²) in [6.45, 7) is 1.72. The van der Waals surface area contributed by atoms with Crippen LogP contribution in [-0.2, 0) is 6.42 Å². The van der Waals surface area contributed by atoms with Crippen LogP contribution < -0.4 is 5.32 Å². The molecule has 0 amide bonds. The van der Waals surface area contributed by atoms with E-state index in [-0.39, 0.29) is 6.10 Å². The van der Waals surface area contributed by atoms with Gasteiger partial charge in [-0.2, -0.15) is 0 Å². The van der Waals surface area contributed by atoms with E-state index in [1.807, 2.05) is 6.20 Å². The first-order valence-electron chi connectivity index (χ1n) is 4.64. The van der Waals surface area contributed by atoms with E-state index in [0.717, 1.165) is 25.9 Å². The first-order chi connectivity index (χ1) is 6.36. The van der Waals surface area contributed by atoms with Gasteiger partial charge in [0.1, 0.15) is 0 Å². The van der Waals surface area contributed by atoms with E-state index in [4.69, 9.17) is 0 Å². The van der Waals surface area contributed by atoms with Crippen LogP contribution in [0.4, 0.5) is 0 Å². The van der Waals surface area contributed by atoms with E-state index < -0.39 is 0 Å². The van der Waals surface area contributed by atoms with Crippen LogP contribution in [0.15, 0.2) is 12.3 Å². The maximum atomic E-state index is 9.54. The van der Waals surface area contributed by atoms with Crippen LogP contribution in [0.1, 0.15) is 11.3 Å². The zero-order chi connectivity index (χ0) is 9.10. The average molecular weight is 198 g/mol. The maximum Gasteiger partial charge on any atom is 0.0704 e. The lowest BCUT2D eigenvalue weighted by atomic mass is 10.00. The van der Waals surface area contributed by atoms with Crippen LogP contribution in [0.25, 0.3) is 0 Å². The molecule has 0 saturated carbocycles. The molecule has 2 atom stereocenters. The van der Waals surface area contributed by atoms with Crippen molar-refractivity contribution in [2.45, 2.75) is 18.9 Å². The third kappa shape index (κ3) is 2.27. The van der Waals surface area contributed by atoms with E-state index in [2.05, 4.69) is 15.8 Å². The highest BCUT2D eigenvalue weighted by Crippen LogP contribution is 2.17. The molecule has 13 heavy (non-hydrogen) atoms. The molecule has 1 aromatic heterocycles. The summed E-state index contributed by atoms with van der Waals surface area (Å²) in [7, 11) is 0. The summed E-state index contributed by atoms with van der Waals surface area (Å²) >= 11 is 1.56. The predicted molar refractivity (Wildman–Crippen MR) is 52.8 cm³/mol. The largest absolute Gasteiger partial charge is 0.391 e. The Hall–Kier alpha value is -0.450. The fourth-order valence-electron chi connectivity index (χ4n) is 1.71. The molecule has 0 spiro atoms. The number of aromatic nitrogens is 1. The summed E-state index contributed by atoms with van der Waals surface area (Å²) in [5.41, 5.74) is 0. The molecule has 1 aliphatic heterocycles. The highest BCUT2D eigenvalue weighted by atomic mass is 32.1. The van der Waals surface area contributed by atoms with Crippen molar-refractivity contribution in [3.8, 4) is 0 Å². The molecule has 1 saturated heterocycles. The first kappa shape index (κ1) is 9.12. The number of rotatable bonds is 3. The highest BCUT2D eigenvalue weighted by molar-refractivity contribution is 7.05. The Morgan fingerprint density at radius 3 is 3.15 bits per heavy atom. The summed E-state index contributed by atoms with van der Waals surface area (Å²) < 4.78 is 4.05. The van der Waals surface area contributed by atoms with Gasteiger partial charge in [0, 0.05) is 24.2 Å². The third-order valence-electron chi connectivity index (χ3n) is 2.56. The number of aliphatic hydroxyl groups excluding tert-OH is 1. The van der Waals surface area contributed by atoms with Crippen molar-refractivity contribution < 1.29 is 5.11 Å². The fraction of sp³-hybridized carbons (Fsp3) is 0.667. The number of nitrogens with one attached hydrogen (secondary N) is 1. The number of hydrogen-bond acceptors (Lipinski definition) is 4. The van der Waals surface area contributed by atoms with Crippen molar-refractivity contribution >= 4 is 11.5 Å². The van der Waals surface area contributed by atoms with Gasteiger partial charge in [-0.25, -0.2) is 4.37 Å².